The highest BCUT2D eigenvalue weighted by Crippen LogP contribution is 2.25. The number of carbonyl (C=O) groups excluding carboxylic acids is 1. The van der Waals surface area contributed by atoms with E-state index in [1.54, 1.807) is 18.2 Å². The average molecular weight is 368 g/mol. The number of nitrogens with one attached hydrogen (secondary N) is 2. The Hall–Kier alpha value is -1.12. The van der Waals surface area contributed by atoms with Gasteiger partial charge in [-0.15, -0.1) is 0 Å². The lowest BCUT2D eigenvalue weighted by molar-refractivity contribution is -0.143. The maximum absolute atomic E-state index is 11.3. The molecule has 0 aliphatic heterocycles. The number of benzene rings is 1. The summed E-state index contributed by atoms with van der Waals surface area (Å²) in [7, 11) is 0. The summed E-state index contributed by atoms with van der Waals surface area (Å²) in [6.07, 6.45) is 0. The highest BCUT2D eigenvalue weighted by atomic mass is 79.9. The highest BCUT2D eigenvalue weighted by Gasteiger charge is 2.06. The second-order valence-corrected chi connectivity index (χ2v) is 4.63. The van der Waals surface area contributed by atoms with Crippen molar-refractivity contribution in [1.82, 2.24) is 5.48 Å². The standard InChI is InChI=1S/C9H8Br2N2O4/c10-5-1-2-6(11)7(3-5)12-9(16)13-17-4-8(14)15/h1-3H,4H2,(H,14,15)(H2,12,13,16). The molecule has 3 N–H and O–H groups in total. The molecule has 0 bridgehead atoms. The largest absolute Gasteiger partial charge is 0.479 e. The Labute approximate surface area is 114 Å². The van der Waals surface area contributed by atoms with Crippen LogP contribution in [0, 0.1) is 0 Å². The summed E-state index contributed by atoms with van der Waals surface area (Å²) in [5, 5.41) is 10.8. The number of anilines is 1. The Morgan fingerprint density at radius 3 is 2.71 bits per heavy atom. The van der Waals surface area contributed by atoms with E-state index in [2.05, 4.69) is 42.0 Å². The molecule has 17 heavy (non-hydrogen) atoms. The van der Waals surface area contributed by atoms with Crippen LogP contribution in [0.3, 0.4) is 0 Å². The second kappa shape index (κ2) is 6.58. The molecule has 8 heteroatoms. The van der Waals surface area contributed by atoms with E-state index in [0.29, 0.717) is 10.2 Å². The molecule has 0 aromatic heterocycles. The zero-order chi connectivity index (χ0) is 12.8. The first-order valence-corrected chi connectivity index (χ1v) is 5.93. The number of hydrogen-bond acceptors (Lipinski definition) is 3. The van der Waals surface area contributed by atoms with Gasteiger partial charge in [0, 0.05) is 8.95 Å². The molecule has 0 saturated carbocycles. The van der Waals surface area contributed by atoms with E-state index >= 15 is 0 Å². The smallest absolute Gasteiger partial charge is 0.343 e. The van der Waals surface area contributed by atoms with Crippen molar-refractivity contribution in [3.63, 3.8) is 0 Å². The molecule has 0 radical (unpaired) electrons. The summed E-state index contributed by atoms with van der Waals surface area (Å²) >= 11 is 6.51. The lowest BCUT2D eigenvalue weighted by Gasteiger charge is -2.08. The SMILES string of the molecule is O=C(O)CONC(=O)Nc1cc(Br)ccc1Br. The predicted octanol–water partition coefficient (Wildman–Crippen LogP) is 2.35. The molecule has 1 aromatic rings. The third-order valence-electron chi connectivity index (χ3n) is 1.54. The lowest BCUT2D eigenvalue weighted by atomic mass is 10.3. The number of carbonyl (C=O) groups is 2. The number of aliphatic carboxylic acids is 1. The molecule has 0 aliphatic rings. The molecule has 1 aromatic carbocycles. The Kier molecular flexibility index (Phi) is 5.39. The van der Waals surface area contributed by atoms with Crippen LogP contribution in [0.15, 0.2) is 27.1 Å². The van der Waals surface area contributed by atoms with Crippen LogP contribution in [0.25, 0.3) is 0 Å². The van der Waals surface area contributed by atoms with Crippen LogP contribution in [0.1, 0.15) is 0 Å². The first-order chi connectivity index (χ1) is 7.99. The van der Waals surface area contributed by atoms with E-state index in [9.17, 15) is 9.59 Å². The van der Waals surface area contributed by atoms with Gasteiger partial charge in [-0.25, -0.2) is 15.1 Å². The van der Waals surface area contributed by atoms with Crippen molar-refractivity contribution in [2.45, 2.75) is 0 Å². The zero-order valence-corrected chi connectivity index (χ0v) is 11.5. The van der Waals surface area contributed by atoms with E-state index in [-0.39, 0.29) is 0 Å². The monoisotopic (exact) mass is 366 g/mol. The molecule has 6 nitrogen and oxygen atoms in total. The van der Waals surface area contributed by atoms with Crippen LogP contribution in [0.4, 0.5) is 10.5 Å². The Morgan fingerprint density at radius 2 is 2.06 bits per heavy atom. The minimum atomic E-state index is -1.17. The third kappa shape index (κ3) is 5.16. The number of carboxylic acids is 1. The second-order valence-electron chi connectivity index (χ2n) is 2.86. The van der Waals surface area contributed by atoms with Gasteiger partial charge in [-0.05, 0) is 34.1 Å². The minimum Gasteiger partial charge on any atom is -0.479 e. The van der Waals surface area contributed by atoms with Crippen LogP contribution in [-0.2, 0) is 9.63 Å². The molecule has 92 valence electrons. The third-order valence-corrected chi connectivity index (χ3v) is 2.72. The van der Waals surface area contributed by atoms with Crippen molar-refractivity contribution in [2.24, 2.45) is 0 Å². The van der Waals surface area contributed by atoms with Crippen LogP contribution in [0.5, 0.6) is 0 Å². The fraction of sp³-hybridized carbons (Fsp3) is 0.111. The summed E-state index contributed by atoms with van der Waals surface area (Å²) < 4.78 is 1.48. The van der Waals surface area contributed by atoms with Crippen molar-refractivity contribution in [3.05, 3.63) is 27.1 Å². The van der Waals surface area contributed by atoms with Crippen molar-refractivity contribution in [2.75, 3.05) is 11.9 Å². The maximum atomic E-state index is 11.3. The van der Waals surface area contributed by atoms with Crippen molar-refractivity contribution in [3.8, 4) is 0 Å². The minimum absolute atomic E-state index is 0.524. The van der Waals surface area contributed by atoms with Gasteiger partial charge in [0.1, 0.15) is 0 Å². The fourth-order valence-corrected chi connectivity index (χ4v) is 1.61. The molecular weight excluding hydrogens is 360 g/mol. The summed E-state index contributed by atoms with van der Waals surface area (Å²) in [5.41, 5.74) is 2.47. The first-order valence-electron chi connectivity index (χ1n) is 4.34. The molecule has 0 fully saturated rings. The highest BCUT2D eigenvalue weighted by molar-refractivity contribution is 9.11. The van der Waals surface area contributed by atoms with Crippen LogP contribution in [0.2, 0.25) is 0 Å². The Morgan fingerprint density at radius 1 is 1.35 bits per heavy atom. The van der Waals surface area contributed by atoms with Gasteiger partial charge in [-0.2, -0.15) is 0 Å². The molecule has 0 atom stereocenters. The number of carboxylic acid groups (broad SMARTS) is 1. The lowest BCUT2D eigenvalue weighted by Crippen LogP contribution is -2.30. The van der Waals surface area contributed by atoms with Gasteiger partial charge >= 0.3 is 12.0 Å². The number of rotatable bonds is 4. The normalized spacial score (nSPS) is 9.76. The molecule has 0 saturated heterocycles. The quantitative estimate of drug-likeness (QED) is 0.713. The molecular formula is C9H8Br2N2O4. The first kappa shape index (κ1) is 13.9. The van der Waals surface area contributed by atoms with E-state index in [0.717, 1.165) is 4.47 Å². The molecule has 0 heterocycles. The van der Waals surface area contributed by atoms with Crippen LogP contribution >= 0.6 is 31.9 Å². The van der Waals surface area contributed by atoms with E-state index in [4.69, 9.17) is 5.11 Å². The van der Waals surface area contributed by atoms with Crippen molar-refractivity contribution >= 4 is 49.5 Å². The van der Waals surface area contributed by atoms with Crippen molar-refractivity contribution in [1.29, 1.82) is 0 Å². The maximum Gasteiger partial charge on any atom is 0.343 e. The van der Waals surface area contributed by atoms with Gasteiger partial charge in [0.25, 0.3) is 0 Å². The summed E-state index contributed by atoms with van der Waals surface area (Å²) in [6.45, 7) is -0.604. The van der Waals surface area contributed by atoms with Gasteiger partial charge in [-0.3, -0.25) is 4.84 Å². The molecule has 0 aliphatic carbocycles. The predicted molar refractivity (Wildman–Crippen MR) is 67.6 cm³/mol. The van der Waals surface area contributed by atoms with Gasteiger partial charge < -0.3 is 10.4 Å². The van der Waals surface area contributed by atoms with Crippen LogP contribution < -0.4 is 10.8 Å². The van der Waals surface area contributed by atoms with Crippen molar-refractivity contribution < 1.29 is 19.5 Å². The van der Waals surface area contributed by atoms with E-state index in [1.807, 2.05) is 5.48 Å². The molecule has 2 amide bonds. The molecule has 1 rings (SSSR count). The van der Waals surface area contributed by atoms with Gasteiger partial charge in [-0.1, -0.05) is 15.9 Å². The van der Waals surface area contributed by atoms with Crippen LogP contribution in [-0.4, -0.2) is 23.7 Å². The number of hydroxylamine groups is 1. The molecule has 0 unspecified atom stereocenters. The Bertz CT molecular complexity index is 439. The topological polar surface area (TPSA) is 87.7 Å². The number of halogens is 2. The van der Waals surface area contributed by atoms with Gasteiger partial charge in [0.15, 0.2) is 6.61 Å². The fourth-order valence-electron chi connectivity index (χ4n) is 0.904. The number of hydrogen-bond donors (Lipinski definition) is 3. The molecule has 0 spiro atoms. The average Bonchev–Trinajstić information content (AvgIpc) is 2.23. The Balaban J connectivity index is 2.50. The number of urea groups is 1. The number of amides is 2. The van der Waals surface area contributed by atoms with Gasteiger partial charge in [0.05, 0.1) is 5.69 Å². The van der Waals surface area contributed by atoms with E-state index < -0.39 is 18.6 Å². The summed E-state index contributed by atoms with van der Waals surface area (Å²) in [6, 6.07) is 4.57. The van der Waals surface area contributed by atoms with Gasteiger partial charge in [0.2, 0.25) is 0 Å². The summed E-state index contributed by atoms with van der Waals surface area (Å²) in [5.74, 6) is -1.17. The summed E-state index contributed by atoms with van der Waals surface area (Å²) in [4.78, 5) is 25.8. The zero-order valence-electron chi connectivity index (χ0n) is 8.37. The van der Waals surface area contributed by atoms with E-state index in [1.165, 1.54) is 0 Å².